The van der Waals surface area contributed by atoms with Crippen molar-refractivity contribution in [3.05, 3.63) is 88.8 Å². The summed E-state index contributed by atoms with van der Waals surface area (Å²) in [5, 5.41) is 2.12. The van der Waals surface area contributed by atoms with Gasteiger partial charge in [-0.05, 0) is 36.2 Å². The minimum atomic E-state index is -0.445. The second-order valence-electron chi connectivity index (χ2n) is 6.64. The molecule has 1 atom stereocenters. The lowest BCUT2D eigenvalue weighted by Gasteiger charge is -2.29. The first kappa shape index (κ1) is 17.2. The van der Waals surface area contributed by atoms with E-state index in [0.717, 1.165) is 27.5 Å². The van der Waals surface area contributed by atoms with E-state index in [1.54, 1.807) is 6.92 Å². The van der Waals surface area contributed by atoms with Gasteiger partial charge in [0.1, 0.15) is 11.3 Å². The van der Waals surface area contributed by atoms with Crippen molar-refractivity contribution in [3.63, 3.8) is 0 Å². The average Bonchev–Trinajstić information content (AvgIpc) is 2.67. The maximum atomic E-state index is 12.8. The smallest absolute Gasteiger partial charge is 0.340 e. The van der Waals surface area contributed by atoms with Gasteiger partial charge in [0.15, 0.2) is 0 Å². The number of fused-ring (bicyclic) bond motifs is 3. The number of carbonyl (C=O) groups is 1. The van der Waals surface area contributed by atoms with Crippen LogP contribution in [0.4, 0.5) is 0 Å². The van der Waals surface area contributed by atoms with Crippen LogP contribution in [-0.4, -0.2) is 12.6 Å². The van der Waals surface area contributed by atoms with Crippen LogP contribution >= 0.6 is 0 Å². The van der Waals surface area contributed by atoms with Crippen LogP contribution in [0.5, 0.6) is 5.75 Å². The van der Waals surface area contributed by atoms with E-state index in [1.165, 1.54) is 0 Å². The summed E-state index contributed by atoms with van der Waals surface area (Å²) in [4.78, 5) is 12.8. The van der Waals surface area contributed by atoms with Crippen LogP contribution in [-0.2, 0) is 9.53 Å². The highest BCUT2D eigenvalue weighted by Gasteiger charge is 2.36. The number of ether oxygens (including phenoxy) is 2. The van der Waals surface area contributed by atoms with Gasteiger partial charge in [0.2, 0.25) is 5.88 Å². The monoisotopic (exact) mass is 359 g/mol. The van der Waals surface area contributed by atoms with Crippen molar-refractivity contribution in [2.24, 2.45) is 5.73 Å². The van der Waals surface area contributed by atoms with Crippen molar-refractivity contribution in [2.45, 2.75) is 19.8 Å². The predicted octanol–water partition coefficient (Wildman–Crippen LogP) is 4.41. The van der Waals surface area contributed by atoms with Crippen LogP contribution in [0.1, 0.15) is 29.5 Å². The second kappa shape index (κ2) is 6.80. The molecular weight excluding hydrogens is 338 g/mol. The molecular formula is C23H21NO3. The number of hydrogen-bond acceptors (Lipinski definition) is 4. The standard InChI is InChI=1S/C23H21NO3/c1-3-26-23(25)21-19(16-10-8-14(2)9-11-16)20-17-7-5-4-6-15(17)12-13-18(20)27-22(21)24/h4-13,19H,3,24H2,1-2H3/t19-/m0/s1. The molecule has 2 N–H and O–H groups in total. The summed E-state index contributed by atoms with van der Waals surface area (Å²) in [5.41, 5.74) is 9.60. The molecule has 1 aliphatic heterocycles. The average molecular weight is 359 g/mol. The van der Waals surface area contributed by atoms with Gasteiger partial charge in [-0.1, -0.05) is 60.2 Å². The normalized spacial score (nSPS) is 16.0. The first-order valence-electron chi connectivity index (χ1n) is 9.03. The maximum Gasteiger partial charge on any atom is 0.340 e. The summed E-state index contributed by atoms with van der Waals surface area (Å²) >= 11 is 0. The van der Waals surface area contributed by atoms with Crippen molar-refractivity contribution in [1.29, 1.82) is 0 Å². The first-order chi connectivity index (χ1) is 13.1. The molecule has 0 saturated heterocycles. The molecule has 1 heterocycles. The molecule has 0 aliphatic carbocycles. The topological polar surface area (TPSA) is 61.5 Å². The van der Waals surface area contributed by atoms with Crippen LogP contribution in [0, 0.1) is 6.92 Å². The molecule has 3 aromatic carbocycles. The second-order valence-corrected chi connectivity index (χ2v) is 6.64. The zero-order valence-corrected chi connectivity index (χ0v) is 15.4. The van der Waals surface area contributed by atoms with Crippen LogP contribution in [0.2, 0.25) is 0 Å². The molecule has 0 radical (unpaired) electrons. The molecule has 0 bridgehead atoms. The van der Waals surface area contributed by atoms with Crippen molar-refractivity contribution >= 4 is 16.7 Å². The van der Waals surface area contributed by atoms with E-state index in [-0.39, 0.29) is 18.4 Å². The van der Waals surface area contributed by atoms with Gasteiger partial charge < -0.3 is 15.2 Å². The Morgan fingerprint density at radius 3 is 2.56 bits per heavy atom. The Bertz CT molecular complexity index is 1050. The maximum absolute atomic E-state index is 12.8. The predicted molar refractivity (Wildman–Crippen MR) is 105 cm³/mol. The minimum absolute atomic E-state index is 0.0989. The Hall–Kier alpha value is -3.27. The van der Waals surface area contributed by atoms with Gasteiger partial charge in [-0.3, -0.25) is 0 Å². The first-order valence-corrected chi connectivity index (χ1v) is 9.03. The lowest BCUT2D eigenvalue weighted by atomic mass is 9.80. The summed E-state index contributed by atoms with van der Waals surface area (Å²) in [6.45, 7) is 4.09. The van der Waals surface area contributed by atoms with Crippen LogP contribution in [0.15, 0.2) is 72.1 Å². The zero-order chi connectivity index (χ0) is 19.0. The summed E-state index contributed by atoms with van der Waals surface area (Å²) in [6, 6.07) is 20.1. The van der Waals surface area contributed by atoms with E-state index in [2.05, 4.69) is 0 Å². The van der Waals surface area contributed by atoms with Gasteiger partial charge in [0.25, 0.3) is 0 Å². The Morgan fingerprint density at radius 2 is 1.81 bits per heavy atom. The largest absolute Gasteiger partial charge is 0.462 e. The summed E-state index contributed by atoms with van der Waals surface area (Å²) in [5.74, 6) is -0.0229. The van der Waals surface area contributed by atoms with Crippen molar-refractivity contribution in [1.82, 2.24) is 0 Å². The molecule has 4 nitrogen and oxygen atoms in total. The third kappa shape index (κ3) is 2.93. The Kier molecular flexibility index (Phi) is 4.32. The van der Waals surface area contributed by atoms with Crippen LogP contribution in [0.25, 0.3) is 10.8 Å². The van der Waals surface area contributed by atoms with Crippen molar-refractivity contribution in [3.8, 4) is 5.75 Å². The zero-order valence-electron chi connectivity index (χ0n) is 15.4. The molecule has 27 heavy (non-hydrogen) atoms. The number of nitrogens with two attached hydrogens (primary N) is 1. The van der Waals surface area contributed by atoms with Crippen molar-refractivity contribution < 1.29 is 14.3 Å². The van der Waals surface area contributed by atoms with Gasteiger partial charge in [-0.2, -0.15) is 0 Å². The molecule has 0 unspecified atom stereocenters. The summed E-state index contributed by atoms with van der Waals surface area (Å²) in [6.07, 6.45) is 0. The van der Waals surface area contributed by atoms with E-state index in [1.807, 2.05) is 67.6 Å². The quantitative estimate of drug-likeness (QED) is 0.704. The third-order valence-corrected chi connectivity index (χ3v) is 4.90. The number of carbonyl (C=O) groups excluding carboxylic acids is 1. The number of rotatable bonds is 3. The van der Waals surface area contributed by atoms with Crippen molar-refractivity contribution in [2.75, 3.05) is 6.61 Å². The highest BCUT2D eigenvalue weighted by molar-refractivity contribution is 5.97. The lowest BCUT2D eigenvalue weighted by molar-refractivity contribution is -0.139. The molecule has 1 aliphatic rings. The fourth-order valence-electron chi connectivity index (χ4n) is 3.64. The molecule has 0 aromatic heterocycles. The molecule has 4 rings (SSSR count). The lowest BCUT2D eigenvalue weighted by Crippen LogP contribution is -2.27. The molecule has 0 fully saturated rings. The van der Waals surface area contributed by atoms with Crippen LogP contribution < -0.4 is 10.5 Å². The van der Waals surface area contributed by atoms with Gasteiger partial charge >= 0.3 is 5.97 Å². The fourth-order valence-corrected chi connectivity index (χ4v) is 3.64. The number of aryl methyl sites for hydroxylation is 1. The molecule has 4 heteroatoms. The van der Waals surface area contributed by atoms with Gasteiger partial charge in [-0.25, -0.2) is 4.79 Å². The van der Waals surface area contributed by atoms with E-state index >= 15 is 0 Å². The number of esters is 1. The molecule has 0 amide bonds. The SMILES string of the molecule is CCOC(=O)C1=C(N)Oc2ccc3ccccc3c2[C@@H]1c1ccc(C)cc1. The Morgan fingerprint density at radius 1 is 1.07 bits per heavy atom. The van der Waals surface area contributed by atoms with Gasteiger partial charge in [0, 0.05) is 5.56 Å². The van der Waals surface area contributed by atoms with Gasteiger partial charge in [-0.15, -0.1) is 0 Å². The molecule has 136 valence electrons. The molecule has 0 saturated carbocycles. The highest BCUT2D eigenvalue weighted by atomic mass is 16.5. The van der Waals surface area contributed by atoms with E-state index in [4.69, 9.17) is 15.2 Å². The number of hydrogen-bond donors (Lipinski definition) is 1. The molecule has 3 aromatic rings. The minimum Gasteiger partial charge on any atom is -0.462 e. The Labute approximate surface area is 158 Å². The van der Waals surface area contributed by atoms with E-state index < -0.39 is 5.97 Å². The fraction of sp³-hybridized carbons (Fsp3) is 0.174. The van der Waals surface area contributed by atoms with E-state index in [0.29, 0.717) is 11.3 Å². The summed E-state index contributed by atoms with van der Waals surface area (Å²) in [7, 11) is 0. The van der Waals surface area contributed by atoms with E-state index in [9.17, 15) is 4.79 Å². The molecule has 0 spiro atoms. The summed E-state index contributed by atoms with van der Waals surface area (Å²) < 4.78 is 11.1. The van der Waals surface area contributed by atoms with Crippen LogP contribution in [0.3, 0.4) is 0 Å². The number of benzene rings is 3. The Balaban J connectivity index is 2.01. The third-order valence-electron chi connectivity index (χ3n) is 4.90. The van der Waals surface area contributed by atoms with Gasteiger partial charge in [0.05, 0.1) is 12.5 Å². The highest BCUT2D eigenvalue weighted by Crippen LogP contribution is 2.46.